The smallest absolute Gasteiger partial charge is 0.380 e. The number of benzene rings is 3. The van der Waals surface area contributed by atoms with E-state index in [-0.39, 0.29) is 29.9 Å². The summed E-state index contributed by atoms with van der Waals surface area (Å²) in [6, 6.07) is 15.7. The van der Waals surface area contributed by atoms with Crippen LogP contribution in [0.3, 0.4) is 0 Å². The van der Waals surface area contributed by atoms with E-state index in [1.165, 1.54) is 12.1 Å². The number of halogens is 3. The molecule has 0 unspecified atom stereocenters. The average Bonchev–Trinajstić information content (AvgIpc) is 3.62. The molecular weight excluding hydrogens is 625 g/mol. The van der Waals surface area contributed by atoms with Crippen LogP contribution in [-0.4, -0.2) is 70.6 Å². The number of alkyl halides is 3. The molecule has 1 aromatic heterocycles. The fraction of sp³-hybridized carbons (Fsp3) is 0.314. The first kappa shape index (κ1) is 31.4. The van der Waals surface area contributed by atoms with Crippen LogP contribution in [0.1, 0.15) is 55.0 Å². The van der Waals surface area contributed by atoms with Crippen molar-refractivity contribution in [2.45, 2.75) is 37.8 Å². The monoisotopic (exact) mass is 658 g/mol. The Morgan fingerprint density at radius 1 is 0.938 bits per heavy atom. The number of likely N-dealkylation sites (tertiary alicyclic amines) is 1. The summed E-state index contributed by atoms with van der Waals surface area (Å²) >= 11 is 0. The molecule has 248 valence electrons. The molecule has 3 aliphatic heterocycles. The van der Waals surface area contributed by atoms with Crippen molar-refractivity contribution in [2.24, 2.45) is 7.05 Å². The molecule has 3 aliphatic rings. The number of aromatic nitrogens is 2. The van der Waals surface area contributed by atoms with Gasteiger partial charge in [-0.05, 0) is 66.9 Å². The Labute approximate surface area is 274 Å². The maximum Gasteiger partial charge on any atom is 0.416 e. The third kappa shape index (κ3) is 6.37. The number of nitrogens with zero attached hydrogens (tertiary/aromatic N) is 4. The van der Waals surface area contributed by atoms with Crippen molar-refractivity contribution < 1.29 is 32.3 Å². The van der Waals surface area contributed by atoms with Crippen molar-refractivity contribution in [3.05, 3.63) is 101 Å². The summed E-state index contributed by atoms with van der Waals surface area (Å²) < 4.78 is 47.1. The topological polar surface area (TPSA) is 109 Å². The van der Waals surface area contributed by atoms with Gasteiger partial charge in [0.05, 0.1) is 40.9 Å². The molecule has 0 atom stereocenters. The fourth-order valence-electron chi connectivity index (χ4n) is 6.34. The van der Waals surface area contributed by atoms with Gasteiger partial charge in [-0.25, -0.2) is 4.98 Å². The van der Waals surface area contributed by atoms with Crippen LogP contribution in [0, 0.1) is 0 Å². The molecule has 2 saturated heterocycles. The van der Waals surface area contributed by atoms with Gasteiger partial charge in [-0.15, -0.1) is 0 Å². The summed E-state index contributed by atoms with van der Waals surface area (Å²) in [6.45, 7) is 2.77. The van der Waals surface area contributed by atoms with Gasteiger partial charge < -0.3 is 24.4 Å². The van der Waals surface area contributed by atoms with E-state index < -0.39 is 11.7 Å². The molecule has 7 rings (SSSR count). The van der Waals surface area contributed by atoms with Crippen LogP contribution in [0.15, 0.2) is 73.2 Å². The van der Waals surface area contributed by atoms with E-state index in [9.17, 15) is 27.6 Å². The highest BCUT2D eigenvalue weighted by molar-refractivity contribution is 6.21. The molecule has 2 fully saturated rings. The molecule has 3 aromatic carbocycles. The summed E-state index contributed by atoms with van der Waals surface area (Å²) in [7, 11) is 1.85. The molecule has 10 nitrogen and oxygen atoms in total. The summed E-state index contributed by atoms with van der Waals surface area (Å²) in [5, 5.41) is 5.61. The number of hydrogen-bond acceptors (Lipinski definition) is 7. The van der Waals surface area contributed by atoms with Gasteiger partial charge in [-0.1, -0.05) is 12.1 Å². The molecular formula is C35H33F3N6O4. The molecule has 0 saturated carbocycles. The number of anilines is 2. The number of carbonyl (C=O) groups excluding carboxylic acids is 3. The number of amides is 3. The SMILES string of the molecule is Cn1cnc(-c2cc(C(=O)N3CCC(OC4CN(c5ccc6c(c5)C(=O)NC6=O)C4)CC3)ccc2NCc2ccc(C(F)(F)F)cc2)c1. The lowest BCUT2D eigenvalue weighted by Crippen LogP contribution is -2.54. The van der Waals surface area contributed by atoms with Gasteiger partial charge in [-0.3, -0.25) is 19.7 Å². The van der Waals surface area contributed by atoms with Crippen LogP contribution in [-0.2, 0) is 24.5 Å². The van der Waals surface area contributed by atoms with Crippen molar-refractivity contribution >= 4 is 29.1 Å². The minimum Gasteiger partial charge on any atom is -0.380 e. The number of rotatable bonds is 8. The highest BCUT2D eigenvalue weighted by Gasteiger charge is 2.34. The number of carbonyl (C=O) groups is 3. The van der Waals surface area contributed by atoms with Crippen LogP contribution in [0.4, 0.5) is 24.5 Å². The predicted octanol–water partition coefficient (Wildman–Crippen LogP) is 5.11. The Balaban J connectivity index is 0.947. The molecule has 13 heteroatoms. The fourth-order valence-corrected chi connectivity index (χ4v) is 6.34. The third-order valence-electron chi connectivity index (χ3n) is 9.06. The van der Waals surface area contributed by atoms with Gasteiger partial charge >= 0.3 is 6.18 Å². The van der Waals surface area contributed by atoms with Crippen LogP contribution < -0.4 is 15.5 Å². The van der Waals surface area contributed by atoms with Crippen LogP contribution in [0.2, 0.25) is 0 Å². The molecule has 4 heterocycles. The molecule has 2 N–H and O–H groups in total. The summed E-state index contributed by atoms with van der Waals surface area (Å²) in [6.07, 6.45) is 0.626. The van der Waals surface area contributed by atoms with E-state index >= 15 is 0 Å². The van der Waals surface area contributed by atoms with Gasteiger partial charge in [-0.2, -0.15) is 13.2 Å². The molecule has 3 amide bonds. The van der Waals surface area contributed by atoms with E-state index in [0.29, 0.717) is 79.2 Å². The number of hydrogen-bond donors (Lipinski definition) is 2. The number of imide groups is 1. The first-order valence-corrected chi connectivity index (χ1v) is 15.7. The predicted molar refractivity (Wildman–Crippen MR) is 172 cm³/mol. The van der Waals surface area contributed by atoms with Gasteiger partial charge in [0.25, 0.3) is 17.7 Å². The zero-order chi connectivity index (χ0) is 33.6. The van der Waals surface area contributed by atoms with E-state index in [1.807, 2.05) is 40.9 Å². The Bertz CT molecular complexity index is 1880. The maximum atomic E-state index is 13.6. The second kappa shape index (κ2) is 12.5. The van der Waals surface area contributed by atoms with Gasteiger partial charge in [0.15, 0.2) is 0 Å². The summed E-state index contributed by atoms with van der Waals surface area (Å²) in [4.78, 5) is 45.9. The number of aryl methyl sites for hydroxylation is 1. The quantitative estimate of drug-likeness (QED) is 0.254. The summed E-state index contributed by atoms with van der Waals surface area (Å²) in [5.41, 5.74) is 4.28. The Morgan fingerprint density at radius 3 is 2.35 bits per heavy atom. The van der Waals surface area contributed by atoms with Crippen molar-refractivity contribution in [1.82, 2.24) is 19.8 Å². The Morgan fingerprint density at radius 2 is 1.67 bits per heavy atom. The molecule has 0 radical (unpaired) electrons. The number of piperidine rings is 1. The normalized spacial score (nSPS) is 16.9. The Kier molecular flexibility index (Phi) is 8.15. The maximum absolute atomic E-state index is 13.6. The highest BCUT2D eigenvalue weighted by Crippen LogP contribution is 2.32. The van der Waals surface area contributed by atoms with Crippen LogP contribution >= 0.6 is 0 Å². The van der Waals surface area contributed by atoms with Gasteiger partial charge in [0.2, 0.25) is 0 Å². The van der Waals surface area contributed by atoms with Crippen molar-refractivity contribution in [1.29, 1.82) is 0 Å². The molecule has 0 bridgehead atoms. The Hall–Kier alpha value is -5.17. The van der Waals surface area contributed by atoms with Crippen LogP contribution in [0.25, 0.3) is 11.3 Å². The standard InChI is InChI=1S/C35H33F3N6O4/c1-42-19-31(40-20-42)29-14-22(4-9-30(29)39-16-21-2-5-23(6-3-21)35(36,37)38)34(47)43-12-10-25(11-13-43)48-26-17-44(18-26)24-7-8-27-28(15-24)33(46)41-32(27)45/h2-9,14-15,19-20,25-26,39H,10-13,16-18H2,1H3,(H,41,45,46). The lowest BCUT2D eigenvalue weighted by Gasteiger charge is -2.43. The summed E-state index contributed by atoms with van der Waals surface area (Å²) in [5.74, 6) is -0.828. The average molecular weight is 659 g/mol. The lowest BCUT2D eigenvalue weighted by atomic mass is 10.0. The van der Waals surface area contributed by atoms with E-state index in [4.69, 9.17) is 4.74 Å². The molecule has 0 spiro atoms. The second-order valence-electron chi connectivity index (χ2n) is 12.4. The number of imidazole rings is 1. The van der Waals surface area contributed by atoms with Crippen LogP contribution in [0.5, 0.6) is 0 Å². The zero-order valence-corrected chi connectivity index (χ0v) is 26.1. The number of nitrogens with one attached hydrogen (secondary N) is 2. The zero-order valence-electron chi connectivity index (χ0n) is 26.1. The lowest BCUT2D eigenvalue weighted by molar-refractivity contribution is -0.137. The first-order valence-electron chi connectivity index (χ1n) is 15.7. The largest absolute Gasteiger partial charge is 0.416 e. The minimum atomic E-state index is -4.39. The second-order valence-corrected chi connectivity index (χ2v) is 12.4. The highest BCUT2D eigenvalue weighted by atomic mass is 19.4. The molecule has 0 aliphatic carbocycles. The first-order chi connectivity index (χ1) is 23.0. The number of fused-ring (bicyclic) bond motifs is 1. The van der Waals surface area contributed by atoms with E-state index in [0.717, 1.165) is 23.4 Å². The minimum absolute atomic E-state index is 0.0328. The third-order valence-corrected chi connectivity index (χ3v) is 9.06. The molecule has 48 heavy (non-hydrogen) atoms. The van der Waals surface area contributed by atoms with E-state index in [2.05, 4.69) is 20.5 Å². The van der Waals surface area contributed by atoms with Gasteiger partial charge in [0.1, 0.15) is 0 Å². The molecule has 4 aromatic rings. The van der Waals surface area contributed by atoms with Crippen molar-refractivity contribution in [3.8, 4) is 11.3 Å². The van der Waals surface area contributed by atoms with E-state index in [1.54, 1.807) is 24.5 Å². The number of ether oxygens (including phenoxy) is 1. The van der Waals surface area contributed by atoms with Gasteiger partial charge in [0, 0.05) is 68.5 Å². The van der Waals surface area contributed by atoms with Crippen molar-refractivity contribution in [3.63, 3.8) is 0 Å². The van der Waals surface area contributed by atoms with Crippen molar-refractivity contribution in [2.75, 3.05) is 36.4 Å².